The maximum absolute atomic E-state index is 14.0. The number of anilines is 1. The Labute approximate surface area is 292 Å². The van der Waals surface area contributed by atoms with Crippen molar-refractivity contribution in [2.45, 2.75) is 61.9 Å². The Morgan fingerprint density at radius 2 is 1.53 bits per heavy atom. The molecule has 3 unspecified atom stereocenters. The molecule has 2 amide bonds. The van der Waals surface area contributed by atoms with E-state index < -0.39 is 39.9 Å². The summed E-state index contributed by atoms with van der Waals surface area (Å²) < 4.78 is 29.0. The van der Waals surface area contributed by atoms with E-state index >= 15 is 0 Å². The molecule has 1 aliphatic heterocycles. The Kier molecular flexibility index (Phi) is 11.4. The van der Waals surface area contributed by atoms with Crippen molar-refractivity contribution in [1.29, 1.82) is 0 Å². The lowest BCUT2D eigenvalue weighted by Crippen LogP contribution is -2.54. The zero-order valence-electron chi connectivity index (χ0n) is 25.0. The lowest BCUT2D eigenvalue weighted by molar-refractivity contribution is -0.142. The first-order valence-electron chi connectivity index (χ1n) is 15.1. The number of carbonyl (C=O) groups is 3. The van der Waals surface area contributed by atoms with E-state index in [4.69, 9.17) is 46.4 Å². The van der Waals surface area contributed by atoms with E-state index in [0.29, 0.717) is 17.7 Å². The molecule has 250 valence electrons. The largest absolute Gasteiger partial charge is 0.480 e. The number of rotatable bonds is 10. The SMILES string of the molecule is O=C(Nc1ccc(CC(NC(=O)C2C(C3CCCCC3)CCN2S(=O)(=O)c2cc(Cl)cc(Cl)c2)C(=O)O)cc1)c1c(Cl)cncc1Cl. The van der Waals surface area contributed by atoms with Crippen LogP contribution in [0.3, 0.4) is 0 Å². The van der Waals surface area contributed by atoms with Gasteiger partial charge in [-0.3, -0.25) is 14.6 Å². The summed E-state index contributed by atoms with van der Waals surface area (Å²) in [5, 5.41) is 15.9. The zero-order valence-corrected chi connectivity index (χ0v) is 28.8. The summed E-state index contributed by atoms with van der Waals surface area (Å²) in [5.74, 6) is -2.64. The standard InChI is InChI=1S/C32H32Cl4N4O6S/c33-20-13-21(34)15-23(14-20)47(45,46)40-11-10-24(19-4-2-1-3-5-19)29(40)31(42)39-27(32(43)44)12-18-6-8-22(9-7-18)38-30(41)28-25(35)16-37-17-26(28)36/h6-9,13-17,19,24,27,29H,1-5,10-12H2,(H,38,41)(H,39,42)(H,43,44). The fourth-order valence-electron chi connectivity index (χ4n) is 6.49. The number of aliphatic carboxylic acids is 1. The van der Waals surface area contributed by atoms with Crippen molar-refractivity contribution in [2.75, 3.05) is 11.9 Å². The van der Waals surface area contributed by atoms with Gasteiger partial charge in [0.2, 0.25) is 15.9 Å². The monoisotopic (exact) mass is 740 g/mol. The summed E-state index contributed by atoms with van der Waals surface area (Å²) in [5.41, 5.74) is 1.03. The fourth-order valence-corrected chi connectivity index (χ4v) is 9.40. The molecule has 0 spiro atoms. The van der Waals surface area contributed by atoms with Gasteiger partial charge in [-0.2, -0.15) is 4.31 Å². The smallest absolute Gasteiger partial charge is 0.326 e. The zero-order chi connectivity index (χ0) is 33.9. The normalized spacial score (nSPS) is 19.7. The highest BCUT2D eigenvalue weighted by Crippen LogP contribution is 2.41. The van der Waals surface area contributed by atoms with Crippen LogP contribution >= 0.6 is 46.4 Å². The molecule has 47 heavy (non-hydrogen) atoms. The number of carboxylic acids is 1. The topological polar surface area (TPSA) is 146 Å². The highest BCUT2D eigenvalue weighted by atomic mass is 35.5. The van der Waals surface area contributed by atoms with Gasteiger partial charge in [-0.1, -0.05) is 90.6 Å². The quantitative estimate of drug-likeness (QED) is 0.209. The molecule has 1 saturated carbocycles. The number of halogens is 4. The van der Waals surface area contributed by atoms with Gasteiger partial charge in [0.15, 0.2) is 0 Å². The van der Waals surface area contributed by atoms with Crippen molar-refractivity contribution in [1.82, 2.24) is 14.6 Å². The van der Waals surface area contributed by atoms with Crippen LogP contribution in [0.5, 0.6) is 0 Å². The molecule has 15 heteroatoms. The van der Waals surface area contributed by atoms with Crippen LogP contribution in [-0.4, -0.2) is 59.2 Å². The molecule has 2 fully saturated rings. The number of nitrogens with zero attached hydrogens (tertiary/aromatic N) is 2. The number of nitrogens with one attached hydrogen (secondary N) is 2. The van der Waals surface area contributed by atoms with Gasteiger partial charge in [0, 0.05) is 41.1 Å². The first-order chi connectivity index (χ1) is 22.3. The van der Waals surface area contributed by atoms with E-state index in [0.717, 1.165) is 32.1 Å². The van der Waals surface area contributed by atoms with Crippen molar-refractivity contribution in [2.24, 2.45) is 11.8 Å². The van der Waals surface area contributed by atoms with Crippen LogP contribution in [0.15, 0.2) is 59.8 Å². The van der Waals surface area contributed by atoms with Crippen LogP contribution in [0.1, 0.15) is 54.4 Å². The van der Waals surface area contributed by atoms with Crippen molar-refractivity contribution in [3.05, 3.63) is 86.1 Å². The number of carboxylic acid groups (broad SMARTS) is 1. The van der Waals surface area contributed by atoms with Gasteiger partial charge in [-0.05, 0) is 54.2 Å². The van der Waals surface area contributed by atoms with Crippen molar-refractivity contribution >= 4 is 79.9 Å². The van der Waals surface area contributed by atoms with Crippen LogP contribution in [0.4, 0.5) is 5.69 Å². The second-order valence-corrected chi connectivity index (χ2v) is 15.3. The molecule has 3 atom stereocenters. The highest BCUT2D eigenvalue weighted by molar-refractivity contribution is 7.89. The maximum atomic E-state index is 14.0. The molecular formula is C32H32Cl4N4O6S. The van der Waals surface area contributed by atoms with Crippen molar-refractivity contribution in [3.8, 4) is 0 Å². The molecule has 1 aliphatic carbocycles. The first-order valence-corrected chi connectivity index (χ1v) is 18.0. The van der Waals surface area contributed by atoms with E-state index in [1.54, 1.807) is 24.3 Å². The molecule has 3 aromatic rings. The maximum Gasteiger partial charge on any atom is 0.326 e. The number of carbonyl (C=O) groups excluding carboxylic acids is 2. The average Bonchev–Trinajstić information content (AvgIpc) is 3.48. The van der Waals surface area contributed by atoms with E-state index in [2.05, 4.69) is 15.6 Å². The lowest BCUT2D eigenvalue weighted by atomic mass is 9.76. The van der Waals surface area contributed by atoms with E-state index in [1.807, 2.05) is 0 Å². The van der Waals surface area contributed by atoms with Gasteiger partial charge in [-0.15, -0.1) is 0 Å². The molecule has 0 radical (unpaired) electrons. The molecule has 2 heterocycles. The predicted molar refractivity (Wildman–Crippen MR) is 181 cm³/mol. The minimum atomic E-state index is -4.20. The van der Waals surface area contributed by atoms with Crippen LogP contribution in [-0.2, 0) is 26.0 Å². The van der Waals surface area contributed by atoms with Gasteiger partial charge in [0.1, 0.15) is 12.1 Å². The molecule has 5 rings (SSSR count). The third-order valence-electron chi connectivity index (χ3n) is 8.71. The summed E-state index contributed by atoms with van der Waals surface area (Å²) in [6.45, 7) is 0.104. The Balaban J connectivity index is 1.34. The molecule has 1 aromatic heterocycles. The molecular weight excluding hydrogens is 710 g/mol. The van der Waals surface area contributed by atoms with E-state index in [-0.39, 0.29) is 55.4 Å². The lowest BCUT2D eigenvalue weighted by Gasteiger charge is -2.34. The van der Waals surface area contributed by atoms with E-state index in [1.165, 1.54) is 34.9 Å². The summed E-state index contributed by atoms with van der Waals surface area (Å²) in [7, 11) is -4.20. The highest BCUT2D eigenvalue weighted by Gasteiger charge is 2.49. The number of pyridine rings is 1. The van der Waals surface area contributed by atoms with Crippen LogP contribution in [0.2, 0.25) is 20.1 Å². The van der Waals surface area contributed by atoms with Crippen molar-refractivity contribution in [3.63, 3.8) is 0 Å². The van der Waals surface area contributed by atoms with Crippen LogP contribution in [0.25, 0.3) is 0 Å². The molecule has 2 aromatic carbocycles. The summed E-state index contributed by atoms with van der Waals surface area (Å²) in [6, 6.07) is 7.94. The average molecular weight is 743 g/mol. The van der Waals surface area contributed by atoms with E-state index in [9.17, 15) is 27.9 Å². The third-order valence-corrected chi connectivity index (χ3v) is 11.6. The molecule has 2 aliphatic rings. The summed E-state index contributed by atoms with van der Waals surface area (Å²) in [4.78, 5) is 42.8. The Morgan fingerprint density at radius 3 is 2.13 bits per heavy atom. The summed E-state index contributed by atoms with van der Waals surface area (Å²) in [6.07, 6.45) is 7.79. The second kappa shape index (κ2) is 15.1. The number of aromatic nitrogens is 1. The predicted octanol–water partition coefficient (Wildman–Crippen LogP) is 6.72. The van der Waals surface area contributed by atoms with Gasteiger partial charge < -0.3 is 15.7 Å². The number of sulfonamides is 1. The minimum Gasteiger partial charge on any atom is -0.480 e. The van der Waals surface area contributed by atoms with Crippen LogP contribution < -0.4 is 10.6 Å². The Bertz CT molecular complexity index is 1730. The molecule has 0 bridgehead atoms. The van der Waals surface area contributed by atoms with Gasteiger partial charge in [0.25, 0.3) is 5.91 Å². The van der Waals surface area contributed by atoms with Crippen LogP contribution in [0, 0.1) is 11.8 Å². The fraction of sp³-hybridized carbons (Fsp3) is 0.375. The molecule has 3 N–H and O–H groups in total. The van der Waals surface area contributed by atoms with Gasteiger partial charge in [-0.25, -0.2) is 13.2 Å². The second-order valence-electron chi connectivity index (χ2n) is 11.7. The first kappa shape index (κ1) is 35.4. The number of hydrogen-bond donors (Lipinski definition) is 3. The van der Waals surface area contributed by atoms with Crippen molar-refractivity contribution < 1.29 is 27.9 Å². The number of amides is 2. The summed E-state index contributed by atoms with van der Waals surface area (Å²) >= 11 is 24.4. The molecule has 10 nitrogen and oxygen atoms in total. The number of hydrogen-bond acceptors (Lipinski definition) is 6. The third kappa shape index (κ3) is 8.21. The molecule has 1 saturated heterocycles. The Hall–Kier alpha value is -2.93. The Morgan fingerprint density at radius 1 is 0.915 bits per heavy atom. The van der Waals surface area contributed by atoms with Gasteiger partial charge >= 0.3 is 5.97 Å². The number of benzene rings is 2. The van der Waals surface area contributed by atoms with Gasteiger partial charge in [0.05, 0.1) is 20.5 Å². The minimum absolute atomic E-state index is 0.0639.